The van der Waals surface area contributed by atoms with E-state index in [1.54, 1.807) is 20.2 Å². The molecule has 0 saturated heterocycles. The molecule has 0 aromatic heterocycles. The molecular weight excluding hydrogens is 294 g/mol. The van der Waals surface area contributed by atoms with E-state index >= 15 is 0 Å². The summed E-state index contributed by atoms with van der Waals surface area (Å²) in [5.74, 6) is -0.164. The quantitative estimate of drug-likeness (QED) is 0.573. The van der Waals surface area contributed by atoms with Crippen LogP contribution in [0.15, 0.2) is 4.99 Å². The molecule has 0 heterocycles. The smallest absolute Gasteiger partial charge is 0.429 e. The number of rotatable bonds is 5. The van der Waals surface area contributed by atoms with Gasteiger partial charge in [-0.25, -0.2) is 14.8 Å². The second-order valence-electron chi connectivity index (χ2n) is 7.65. The van der Waals surface area contributed by atoms with Crippen LogP contribution in [0.4, 0.5) is 4.79 Å². The molecule has 0 saturated carbocycles. The van der Waals surface area contributed by atoms with E-state index in [-0.39, 0.29) is 24.3 Å². The van der Waals surface area contributed by atoms with Crippen molar-refractivity contribution in [2.24, 2.45) is 10.4 Å². The Morgan fingerprint density at radius 2 is 1.70 bits per heavy atom. The maximum Gasteiger partial charge on any atom is 0.429 e. The van der Waals surface area contributed by atoms with Crippen LogP contribution in [0, 0.1) is 5.41 Å². The largest absolute Gasteiger partial charge is 0.448 e. The molecule has 0 radical (unpaired) electrons. The molecule has 0 N–H and O–H groups in total. The second kappa shape index (κ2) is 8.89. The average molecular weight is 327 g/mol. The Kier molecular flexibility index (Phi) is 8.28. The average Bonchev–Trinajstić information content (AvgIpc) is 2.38. The normalized spacial score (nSPS) is 12.3. The van der Waals surface area contributed by atoms with Gasteiger partial charge in [-0.1, -0.05) is 20.8 Å². The summed E-state index contributed by atoms with van der Waals surface area (Å²) >= 11 is 0. The van der Waals surface area contributed by atoms with Crippen LogP contribution in [0.2, 0.25) is 0 Å². The third kappa shape index (κ3) is 8.00. The van der Waals surface area contributed by atoms with E-state index in [1.807, 2.05) is 20.8 Å². The van der Waals surface area contributed by atoms with Crippen molar-refractivity contribution in [1.82, 2.24) is 10.0 Å². The zero-order chi connectivity index (χ0) is 18.3. The lowest BCUT2D eigenvalue weighted by atomic mass is 9.92. The van der Waals surface area contributed by atoms with Gasteiger partial charge in [0.2, 0.25) is 5.91 Å². The van der Waals surface area contributed by atoms with Gasteiger partial charge < -0.3 is 9.73 Å². The molecule has 6 nitrogen and oxygen atoms in total. The summed E-state index contributed by atoms with van der Waals surface area (Å²) in [4.78, 5) is 28.9. The van der Waals surface area contributed by atoms with Crippen LogP contribution in [0.5, 0.6) is 0 Å². The maximum atomic E-state index is 12.6. The van der Waals surface area contributed by atoms with Gasteiger partial charge in [0.05, 0.1) is 18.6 Å². The van der Waals surface area contributed by atoms with Crippen LogP contribution in [0.3, 0.4) is 0 Å². The van der Waals surface area contributed by atoms with Gasteiger partial charge in [0.1, 0.15) is 0 Å². The summed E-state index contributed by atoms with van der Waals surface area (Å²) in [6.45, 7) is 14.4. The molecule has 0 unspecified atom stereocenters. The molecule has 0 rings (SSSR count). The van der Waals surface area contributed by atoms with E-state index in [0.717, 1.165) is 6.42 Å². The fourth-order valence-corrected chi connectivity index (χ4v) is 1.97. The zero-order valence-corrected chi connectivity index (χ0v) is 16.0. The summed E-state index contributed by atoms with van der Waals surface area (Å²) in [7, 11) is 1.62. The summed E-state index contributed by atoms with van der Waals surface area (Å²) in [6.07, 6.45) is 1.98. The molecule has 0 spiro atoms. The number of aliphatic imine (C=N–C) groups is 1. The molecule has 0 aliphatic rings. The van der Waals surface area contributed by atoms with Crippen molar-refractivity contribution >= 4 is 18.2 Å². The van der Waals surface area contributed by atoms with Gasteiger partial charge in [-0.05, 0) is 39.5 Å². The number of hydrogen-bond acceptors (Lipinski definition) is 4. The van der Waals surface area contributed by atoms with Crippen molar-refractivity contribution in [2.75, 3.05) is 20.2 Å². The minimum Gasteiger partial charge on any atom is -0.448 e. The van der Waals surface area contributed by atoms with E-state index in [0.29, 0.717) is 6.54 Å². The molecule has 0 fully saturated rings. The first kappa shape index (κ1) is 21.4. The van der Waals surface area contributed by atoms with E-state index in [9.17, 15) is 9.59 Å². The van der Waals surface area contributed by atoms with Gasteiger partial charge in [-0.3, -0.25) is 4.79 Å². The molecule has 0 bridgehead atoms. The standard InChI is InChI=1S/C17H33N3O3/c1-9-23-15(22)20(17(5,6)7)19(13-11-16(2,3)4)14(21)10-12-18-8/h12H,9-11,13H2,1-8H3. The van der Waals surface area contributed by atoms with Crippen LogP contribution in [0.25, 0.3) is 0 Å². The molecule has 134 valence electrons. The number of nitrogens with zero attached hydrogens (tertiary/aromatic N) is 3. The van der Waals surface area contributed by atoms with Crippen LogP contribution in [-0.2, 0) is 9.53 Å². The molecule has 0 aromatic rings. The molecule has 2 amide bonds. The van der Waals surface area contributed by atoms with Crippen molar-refractivity contribution in [3.05, 3.63) is 0 Å². The number of hydrogen-bond donors (Lipinski definition) is 0. The van der Waals surface area contributed by atoms with E-state index in [1.165, 1.54) is 10.0 Å². The summed E-state index contributed by atoms with van der Waals surface area (Å²) in [5.41, 5.74) is -0.515. The van der Waals surface area contributed by atoms with Crippen molar-refractivity contribution in [1.29, 1.82) is 0 Å². The molecule has 0 aromatic carbocycles. The first-order valence-electron chi connectivity index (χ1n) is 8.12. The lowest BCUT2D eigenvalue weighted by Crippen LogP contribution is -2.58. The SMILES string of the molecule is CCOC(=O)N(N(CCC(C)(C)C)C(=O)CC=NC)C(C)(C)C. The fourth-order valence-electron chi connectivity index (χ4n) is 1.97. The van der Waals surface area contributed by atoms with Crippen molar-refractivity contribution < 1.29 is 14.3 Å². The van der Waals surface area contributed by atoms with E-state index in [4.69, 9.17) is 4.74 Å². The third-order valence-corrected chi connectivity index (χ3v) is 3.13. The highest BCUT2D eigenvalue weighted by Crippen LogP contribution is 2.24. The summed E-state index contributed by atoms with van der Waals surface area (Å²) in [6, 6.07) is 0. The molecule has 0 aliphatic carbocycles. The third-order valence-electron chi connectivity index (χ3n) is 3.13. The van der Waals surface area contributed by atoms with Gasteiger partial charge in [0.25, 0.3) is 0 Å². The van der Waals surface area contributed by atoms with E-state index < -0.39 is 11.6 Å². The molecular formula is C17H33N3O3. The number of carbonyl (C=O) groups excluding carboxylic acids is 2. The number of ether oxygens (including phenoxy) is 1. The first-order valence-corrected chi connectivity index (χ1v) is 8.12. The van der Waals surface area contributed by atoms with Gasteiger partial charge in [0, 0.05) is 19.8 Å². The minimum atomic E-state index is -0.566. The van der Waals surface area contributed by atoms with Crippen molar-refractivity contribution in [3.63, 3.8) is 0 Å². The number of amides is 2. The Morgan fingerprint density at radius 3 is 2.09 bits per heavy atom. The van der Waals surface area contributed by atoms with Crippen LogP contribution in [-0.4, -0.2) is 54.0 Å². The zero-order valence-electron chi connectivity index (χ0n) is 16.0. The Balaban J connectivity index is 5.53. The number of hydrazine groups is 1. The predicted octanol–water partition coefficient (Wildman–Crippen LogP) is 3.51. The Labute approximate surface area is 140 Å². The summed E-state index contributed by atoms with van der Waals surface area (Å²) in [5, 5.41) is 2.93. The van der Waals surface area contributed by atoms with Crippen molar-refractivity contribution in [2.45, 2.75) is 66.8 Å². The fraction of sp³-hybridized carbons (Fsp3) is 0.824. The highest BCUT2D eigenvalue weighted by atomic mass is 16.6. The van der Waals surface area contributed by atoms with Crippen molar-refractivity contribution in [3.8, 4) is 0 Å². The van der Waals surface area contributed by atoms with E-state index in [2.05, 4.69) is 25.8 Å². The Bertz CT molecular complexity index is 420. The summed E-state index contributed by atoms with van der Waals surface area (Å²) < 4.78 is 5.16. The maximum absolute atomic E-state index is 12.6. The highest BCUT2D eigenvalue weighted by Gasteiger charge is 2.36. The molecule has 0 atom stereocenters. The lowest BCUT2D eigenvalue weighted by Gasteiger charge is -2.43. The van der Waals surface area contributed by atoms with Crippen LogP contribution >= 0.6 is 0 Å². The topological polar surface area (TPSA) is 62.2 Å². The molecule has 0 aliphatic heterocycles. The van der Waals surface area contributed by atoms with Gasteiger partial charge >= 0.3 is 6.09 Å². The Hall–Kier alpha value is -1.59. The molecule has 6 heteroatoms. The number of carbonyl (C=O) groups is 2. The van der Waals surface area contributed by atoms with Crippen LogP contribution < -0.4 is 0 Å². The van der Waals surface area contributed by atoms with Gasteiger partial charge in [-0.15, -0.1) is 0 Å². The lowest BCUT2D eigenvalue weighted by molar-refractivity contribution is -0.154. The van der Waals surface area contributed by atoms with Gasteiger partial charge in [0.15, 0.2) is 0 Å². The predicted molar refractivity (Wildman–Crippen MR) is 93.4 cm³/mol. The monoisotopic (exact) mass is 327 g/mol. The molecule has 23 heavy (non-hydrogen) atoms. The second-order valence-corrected chi connectivity index (χ2v) is 7.65. The minimum absolute atomic E-state index is 0.0512. The van der Waals surface area contributed by atoms with Crippen LogP contribution in [0.1, 0.15) is 61.3 Å². The Morgan fingerprint density at radius 1 is 1.13 bits per heavy atom. The first-order chi connectivity index (χ1) is 10.4. The highest BCUT2D eigenvalue weighted by molar-refractivity contribution is 5.90. The van der Waals surface area contributed by atoms with Gasteiger partial charge in [-0.2, -0.15) is 0 Å².